The van der Waals surface area contributed by atoms with Gasteiger partial charge in [-0.25, -0.2) is 0 Å². The molecule has 0 spiro atoms. The van der Waals surface area contributed by atoms with Gasteiger partial charge in [0, 0.05) is 27.2 Å². The van der Waals surface area contributed by atoms with Gasteiger partial charge < -0.3 is 19.7 Å². The Kier molecular flexibility index (Phi) is 13.9. The topological polar surface area (TPSA) is 93.1 Å². The first-order chi connectivity index (χ1) is 7.97. The quantitative estimate of drug-likeness (QED) is 0.632. The minimum atomic E-state index is -0.802. The molecule has 102 valence electrons. The van der Waals surface area contributed by atoms with Crippen LogP contribution in [0.2, 0.25) is 0 Å². The van der Waals surface area contributed by atoms with Crippen molar-refractivity contribution < 1.29 is 29.3 Å². The van der Waals surface area contributed by atoms with E-state index in [0.717, 1.165) is 6.42 Å². The van der Waals surface area contributed by atoms with Crippen LogP contribution >= 0.6 is 0 Å². The number of carbonyl (C=O) groups is 2. The van der Waals surface area contributed by atoms with Crippen molar-refractivity contribution in [2.75, 3.05) is 20.8 Å². The van der Waals surface area contributed by atoms with Crippen molar-refractivity contribution in [1.29, 1.82) is 0 Å². The summed E-state index contributed by atoms with van der Waals surface area (Å²) in [6.45, 7) is 2.43. The molecule has 0 saturated carbocycles. The molecule has 0 aromatic carbocycles. The fraction of sp³-hybridized carbons (Fsp3) is 0.818. The number of ether oxygens (including phenoxy) is 2. The number of carboxylic acid groups (broad SMARTS) is 2. The number of carboxylic acids is 2. The first kappa shape index (κ1) is 18.2. The summed E-state index contributed by atoms with van der Waals surface area (Å²) in [5.74, 6) is -1.56. The molecule has 0 aliphatic heterocycles. The molecule has 0 heterocycles. The van der Waals surface area contributed by atoms with Gasteiger partial charge in [-0.05, 0) is 12.8 Å². The Morgan fingerprint density at radius 3 is 2.00 bits per heavy atom. The van der Waals surface area contributed by atoms with E-state index in [1.807, 2.05) is 6.92 Å². The van der Waals surface area contributed by atoms with Crippen LogP contribution in [0, 0.1) is 0 Å². The lowest BCUT2D eigenvalue weighted by Gasteiger charge is -2.07. The lowest BCUT2D eigenvalue weighted by atomic mass is 10.2. The Labute approximate surface area is 102 Å². The molecular formula is C11H22O6. The van der Waals surface area contributed by atoms with Gasteiger partial charge in [-0.1, -0.05) is 6.92 Å². The SMILES string of the molecule is CCC(CC(=O)O)OC.COCCCC(=O)O. The van der Waals surface area contributed by atoms with Gasteiger partial charge in [0.25, 0.3) is 0 Å². The van der Waals surface area contributed by atoms with Crippen molar-refractivity contribution in [3.63, 3.8) is 0 Å². The number of hydrogen-bond donors (Lipinski definition) is 2. The number of methoxy groups -OCH3 is 2. The van der Waals surface area contributed by atoms with E-state index < -0.39 is 11.9 Å². The van der Waals surface area contributed by atoms with E-state index in [4.69, 9.17) is 14.9 Å². The molecule has 0 aromatic rings. The molecule has 0 aromatic heterocycles. The van der Waals surface area contributed by atoms with Crippen LogP contribution < -0.4 is 0 Å². The predicted molar refractivity (Wildman–Crippen MR) is 62.1 cm³/mol. The van der Waals surface area contributed by atoms with E-state index in [-0.39, 0.29) is 18.9 Å². The second kappa shape index (κ2) is 12.9. The van der Waals surface area contributed by atoms with E-state index in [0.29, 0.717) is 13.0 Å². The Hall–Kier alpha value is -1.14. The summed E-state index contributed by atoms with van der Waals surface area (Å²) < 4.78 is 9.46. The summed E-state index contributed by atoms with van der Waals surface area (Å²) in [5.41, 5.74) is 0. The van der Waals surface area contributed by atoms with Crippen LogP contribution in [0.15, 0.2) is 0 Å². The summed E-state index contributed by atoms with van der Waals surface area (Å²) in [4.78, 5) is 19.9. The van der Waals surface area contributed by atoms with Crippen LogP contribution in [-0.2, 0) is 19.1 Å². The molecule has 0 saturated heterocycles. The second-order valence-electron chi connectivity index (χ2n) is 3.35. The zero-order chi connectivity index (χ0) is 13.7. The molecule has 6 nitrogen and oxygen atoms in total. The molecule has 1 atom stereocenters. The molecule has 6 heteroatoms. The molecule has 0 aliphatic rings. The van der Waals surface area contributed by atoms with Crippen LogP contribution in [0.1, 0.15) is 32.6 Å². The van der Waals surface area contributed by atoms with Crippen molar-refractivity contribution in [2.45, 2.75) is 38.7 Å². The molecule has 0 aliphatic carbocycles. The predicted octanol–water partition coefficient (Wildman–Crippen LogP) is 1.38. The number of aliphatic carboxylic acids is 2. The Balaban J connectivity index is 0. The van der Waals surface area contributed by atoms with E-state index in [2.05, 4.69) is 4.74 Å². The number of hydrogen-bond acceptors (Lipinski definition) is 4. The molecule has 0 radical (unpaired) electrons. The monoisotopic (exact) mass is 250 g/mol. The van der Waals surface area contributed by atoms with Gasteiger partial charge in [-0.3, -0.25) is 9.59 Å². The maximum absolute atomic E-state index is 10.0. The highest BCUT2D eigenvalue weighted by atomic mass is 16.5. The fourth-order valence-corrected chi connectivity index (χ4v) is 0.957. The molecule has 1 unspecified atom stereocenters. The zero-order valence-electron chi connectivity index (χ0n) is 10.6. The summed E-state index contributed by atoms with van der Waals surface area (Å²) in [7, 11) is 3.08. The normalized spacial score (nSPS) is 11.2. The van der Waals surface area contributed by atoms with Crippen LogP contribution in [0.5, 0.6) is 0 Å². The highest BCUT2D eigenvalue weighted by molar-refractivity contribution is 5.67. The molecule has 0 rings (SSSR count). The van der Waals surface area contributed by atoms with Gasteiger partial charge in [0.1, 0.15) is 0 Å². The van der Waals surface area contributed by atoms with Crippen molar-refractivity contribution in [2.24, 2.45) is 0 Å². The van der Waals surface area contributed by atoms with Gasteiger partial charge in [0.2, 0.25) is 0 Å². The molecular weight excluding hydrogens is 228 g/mol. The highest BCUT2D eigenvalue weighted by Gasteiger charge is 2.08. The van der Waals surface area contributed by atoms with Crippen LogP contribution in [-0.4, -0.2) is 49.1 Å². The van der Waals surface area contributed by atoms with Gasteiger partial charge in [-0.15, -0.1) is 0 Å². The van der Waals surface area contributed by atoms with E-state index in [1.54, 1.807) is 7.11 Å². The largest absolute Gasteiger partial charge is 0.481 e. The average molecular weight is 250 g/mol. The van der Waals surface area contributed by atoms with Gasteiger partial charge in [-0.2, -0.15) is 0 Å². The van der Waals surface area contributed by atoms with Crippen molar-refractivity contribution in [3.8, 4) is 0 Å². The van der Waals surface area contributed by atoms with Crippen LogP contribution in [0.25, 0.3) is 0 Å². The van der Waals surface area contributed by atoms with Gasteiger partial charge in [0.15, 0.2) is 0 Å². The minimum Gasteiger partial charge on any atom is -0.481 e. The van der Waals surface area contributed by atoms with Crippen molar-refractivity contribution in [3.05, 3.63) is 0 Å². The summed E-state index contributed by atoms with van der Waals surface area (Å²) in [5, 5.41) is 16.4. The maximum Gasteiger partial charge on any atom is 0.305 e. The van der Waals surface area contributed by atoms with E-state index >= 15 is 0 Å². The Morgan fingerprint density at radius 2 is 1.76 bits per heavy atom. The van der Waals surface area contributed by atoms with E-state index in [1.165, 1.54) is 7.11 Å². The lowest BCUT2D eigenvalue weighted by molar-refractivity contribution is -0.140. The molecule has 0 bridgehead atoms. The smallest absolute Gasteiger partial charge is 0.305 e. The minimum absolute atomic E-state index is 0.104. The highest BCUT2D eigenvalue weighted by Crippen LogP contribution is 2.00. The average Bonchev–Trinajstić information content (AvgIpc) is 2.26. The van der Waals surface area contributed by atoms with Crippen LogP contribution in [0.4, 0.5) is 0 Å². The standard InChI is InChI=1S/C6H12O3.C5H10O3/c1-3-5(9-2)4-6(7)8;1-8-4-2-3-5(6)7/h5H,3-4H2,1-2H3,(H,7,8);2-4H2,1H3,(H,6,7). The molecule has 0 amide bonds. The second-order valence-corrected chi connectivity index (χ2v) is 3.35. The maximum atomic E-state index is 10.0. The lowest BCUT2D eigenvalue weighted by Crippen LogP contribution is -2.14. The summed E-state index contributed by atoms with van der Waals surface area (Å²) >= 11 is 0. The summed E-state index contributed by atoms with van der Waals surface area (Å²) in [6.07, 6.45) is 1.54. The fourth-order valence-electron chi connectivity index (χ4n) is 0.957. The zero-order valence-corrected chi connectivity index (χ0v) is 10.6. The van der Waals surface area contributed by atoms with E-state index in [9.17, 15) is 9.59 Å². The van der Waals surface area contributed by atoms with Gasteiger partial charge in [0.05, 0.1) is 12.5 Å². The first-order valence-electron chi connectivity index (χ1n) is 5.43. The van der Waals surface area contributed by atoms with Crippen molar-refractivity contribution in [1.82, 2.24) is 0 Å². The summed E-state index contributed by atoms with van der Waals surface area (Å²) in [6, 6.07) is 0. The Morgan fingerprint density at radius 1 is 1.18 bits per heavy atom. The molecule has 17 heavy (non-hydrogen) atoms. The van der Waals surface area contributed by atoms with Crippen LogP contribution in [0.3, 0.4) is 0 Å². The molecule has 0 fully saturated rings. The number of rotatable bonds is 8. The third kappa shape index (κ3) is 17.5. The Bertz CT molecular complexity index is 200. The third-order valence-corrected chi connectivity index (χ3v) is 1.93. The van der Waals surface area contributed by atoms with Gasteiger partial charge >= 0.3 is 11.9 Å². The first-order valence-corrected chi connectivity index (χ1v) is 5.43. The third-order valence-electron chi connectivity index (χ3n) is 1.93. The van der Waals surface area contributed by atoms with Crippen molar-refractivity contribution >= 4 is 11.9 Å². The molecule has 2 N–H and O–H groups in total.